The summed E-state index contributed by atoms with van der Waals surface area (Å²) in [4.78, 5) is 11.7. The van der Waals surface area contributed by atoms with Gasteiger partial charge in [-0.15, -0.1) is 0 Å². The van der Waals surface area contributed by atoms with Crippen molar-refractivity contribution in [1.29, 1.82) is 0 Å². The van der Waals surface area contributed by atoms with Crippen LogP contribution in [0.5, 0.6) is 0 Å². The van der Waals surface area contributed by atoms with Gasteiger partial charge in [0.05, 0.1) is 11.9 Å². The summed E-state index contributed by atoms with van der Waals surface area (Å²) in [5.74, 6) is 0.0550. The van der Waals surface area contributed by atoms with Crippen molar-refractivity contribution in [2.75, 3.05) is 5.32 Å². The van der Waals surface area contributed by atoms with E-state index in [2.05, 4.69) is 29.6 Å². The van der Waals surface area contributed by atoms with Crippen LogP contribution in [0.15, 0.2) is 12.4 Å². The number of nitrogens with zero attached hydrogens (tertiary/aromatic N) is 2. The molecule has 2 aliphatic carbocycles. The van der Waals surface area contributed by atoms with E-state index in [1.54, 1.807) is 10.9 Å². The van der Waals surface area contributed by atoms with E-state index < -0.39 is 0 Å². The van der Waals surface area contributed by atoms with E-state index in [1.165, 1.54) is 12.8 Å². The lowest BCUT2D eigenvalue weighted by molar-refractivity contribution is -0.122. The summed E-state index contributed by atoms with van der Waals surface area (Å²) < 4.78 is 1.70. The molecule has 1 heterocycles. The molecule has 2 aliphatic rings. The van der Waals surface area contributed by atoms with Gasteiger partial charge in [-0.05, 0) is 38.0 Å². The molecule has 3 rings (SSSR count). The maximum absolute atomic E-state index is 11.7. The normalized spacial score (nSPS) is 21.8. The molecular weight excluding hydrogens is 240 g/mol. The van der Waals surface area contributed by atoms with E-state index in [1.807, 2.05) is 6.20 Å². The Morgan fingerprint density at radius 3 is 2.95 bits per heavy atom. The van der Waals surface area contributed by atoms with E-state index in [0.29, 0.717) is 24.0 Å². The van der Waals surface area contributed by atoms with Gasteiger partial charge in [0.15, 0.2) is 0 Å². The molecule has 1 atom stereocenters. The van der Waals surface area contributed by atoms with Gasteiger partial charge in [-0.2, -0.15) is 5.10 Å². The second-order valence-corrected chi connectivity index (χ2v) is 6.29. The summed E-state index contributed by atoms with van der Waals surface area (Å²) >= 11 is 0. The first kappa shape index (κ1) is 12.5. The number of rotatable bonds is 6. The third-order valence-electron chi connectivity index (χ3n) is 4.35. The highest BCUT2D eigenvalue weighted by molar-refractivity contribution is 5.76. The Kier molecular flexibility index (Phi) is 2.99. The van der Waals surface area contributed by atoms with Crippen LogP contribution in [0, 0.1) is 5.41 Å². The number of hydrogen-bond acceptors (Lipinski definition) is 3. The fraction of sp³-hybridized carbons (Fsp3) is 0.714. The zero-order valence-electron chi connectivity index (χ0n) is 11.6. The fourth-order valence-corrected chi connectivity index (χ4v) is 2.23. The highest BCUT2D eigenvalue weighted by Gasteiger charge is 2.42. The van der Waals surface area contributed by atoms with Gasteiger partial charge in [0.25, 0.3) is 0 Å². The molecule has 0 saturated heterocycles. The number of nitrogens with one attached hydrogen (secondary N) is 2. The van der Waals surface area contributed by atoms with Crippen molar-refractivity contribution in [1.82, 2.24) is 15.1 Å². The van der Waals surface area contributed by atoms with Crippen LogP contribution in [-0.4, -0.2) is 27.8 Å². The molecule has 5 heteroatoms. The Balaban J connectivity index is 1.52. The van der Waals surface area contributed by atoms with E-state index in [4.69, 9.17) is 0 Å². The number of anilines is 1. The van der Waals surface area contributed by atoms with Gasteiger partial charge < -0.3 is 10.6 Å². The van der Waals surface area contributed by atoms with E-state index in [-0.39, 0.29) is 5.91 Å². The summed E-state index contributed by atoms with van der Waals surface area (Å²) in [5.41, 5.74) is 1.44. The average Bonchev–Trinajstić information content (AvgIpc) is 3.25. The Hall–Kier alpha value is -1.52. The molecule has 2 N–H and O–H groups in total. The molecule has 1 unspecified atom stereocenters. The highest BCUT2D eigenvalue weighted by Crippen LogP contribution is 2.48. The fourth-order valence-electron chi connectivity index (χ4n) is 2.23. The second-order valence-electron chi connectivity index (χ2n) is 6.29. The van der Waals surface area contributed by atoms with Crippen molar-refractivity contribution in [2.45, 2.75) is 58.2 Å². The van der Waals surface area contributed by atoms with Crippen LogP contribution in [0.2, 0.25) is 0 Å². The van der Waals surface area contributed by atoms with E-state index in [0.717, 1.165) is 18.5 Å². The smallest absolute Gasteiger partial charge is 0.241 e. The number of hydrogen-bond donors (Lipinski definition) is 2. The van der Waals surface area contributed by atoms with Crippen LogP contribution in [0.4, 0.5) is 5.69 Å². The van der Waals surface area contributed by atoms with Crippen LogP contribution in [-0.2, 0) is 11.3 Å². The number of carbonyl (C=O) groups excluding carboxylic acids is 1. The minimum Gasteiger partial charge on any atom is -0.380 e. The Labute approximate surface area is 113 Å². The Morgan fingerprint density at radius 1 is 1.58 bits per heavy atom. The van der Waals surface area contributed by atoms with Crippen molar-refractivity contribution in [3.63, 3.8) is 0 Å². The third-order valence-corrected chi connectivity index (χ3v) is 4.35. The largest absolute Gasteiger partial charge is 0.380 e. The van der Waals surface area contributed by atoms with Crippen molar-refractivity contribution in [3.8, 4) is 0 Å². The summed E-state index contributed by atoms with van der Waals surface area (Å²) in [6.07, 6.45) is 8.53. The lowest BCUT2D eigenvalue weighted by Crippen LogP contribution is -2.29. The van der Waals surface area contributed by atoms with Gasteiger partial charge in [-0.25, -0.2) is 0 Å². The monoisotopic (exact) mass is 262 g/mol. The second kappa shape index (κ2) is 4.54. The molecule has 0 spiro atoms. The summed E-state index contributed by atoms with van der Waals surface area (Å²) in [7, 11) is 0. The number of aromatic nitrogens is 2. The summed E-state index contributed by atoms with van der Waals surface area (Å²) in [6.45, 7) is 4.83. The predicted molar refractivity (Wildman–Crippen MR) is 73.8 cm³/mol. The molecule has 1 amide bonds. The lowest BCUT2D eigenvalue weighted by Gasteiger charge is -2.20. The van der Waals surface area contributed by atoms with Crippen molar-refractivity contribution < 1.29 is 4.79 Å². The van der Waals surface area contributed by atoms with E-state index >= 15 is 0 Å². The van der Waals surface area contributed by atoms with Gasteiger partial charge in [0.2, 0.25) is 5.91 Å². The zero-order valence-corrected chi connectivity index (χ0v) is 11.6. The van der Waals surface area contributed by atoms with Gasteiger partial charge in [-0.1, -0.05) is 6.92 Å². The number of carbonyl (C=O) groups is 1. The van der Waals surface area contributed by atoms with Crippen LogP contribution >= 0.6 is 0 Å². The minimum absolute atomic E-state index is 0.0550. The first-order valence-corrected chi connectivity index (χ1v) is 7.13. The molecule has 19 heavy (non-hydrogen) atoms. The summed E-state index contributed by atoms with van der Waals surface area (Å²) in [6, 6.07) is 0.862. The molecule has 104 valence electrons. The molecule has 0 radical (unpaired) electrons. The third kappa shape index (κ3) is 3.08. The molecule has 0 aromatic carbocycles. The SMILES string of the molecule is CC(Nc1cnn(CC(=O)NC2CC2)c1)C1(C)CC1. The molecule has 2 fully saturated rings. The average molecular weight is 262 g/mol. The van der Waals surface area contributed by atoms with Crippen molar-refractivity contribution in [2.24, 2.45) is 5.41 Å². The van der Waals surface area contributed by atoms with Crippen LogP contribution < -0.4 is 10.6 Å². The Morgan fingerprint density at radius 2 is 2.32 bits per heavy atom. The number of amides is 1. The first-order valence-electron chi connectivity index (χ1n) is 7.13. The maximum Gasteiger partial charge on any atom is 0.241 e. The quantitative estimate of drug-likeness (QED) is 0.821. The molecular formula is C14H22N4O. The zero-order chi connectivity index (χ0) is 13.5. The first-order chi connectivity index (χ1) is 9.05. The van der Waals surface area contributed by atoms with Gasteiger partial charge >= 0.3 is 0 Å². The van der Waals surface area contributed by atoms with E-state index in [9.17, 15) is 4.79 Å². The maximum atomic E-state index is 11.7. The standard InChI is InChI=1S/C14H22N4O/c1-10(14(2)5-6-14)16-12-7-15-18(8-12)9-13(19)17-11-3-4-11/h7-8,10-11,16H,3-6,9H2,1-2H3,(H,17,19). The molecule has 1 aromatic rings. The van der Waals surface area contributed by atoms with Gasteiger partial charge in [-0.3, -0.25) is 9.48 Å². The van der Waals surface area contributed by atoms with Gasteiger partial charge in [0.1, 0.15) is 6.54 Å². The predicted octanol–water partition coefficient (Wildman–Crippen LogP) is 1.76. The van der Waals surface area contributed by atoms with Gasteiger partial charge in [0, 0.05) is 18.3 Å². The molecule has 0 bridgehead atoms. The molecule has 0 aliphatic heterocycles. The highest BCUT2D eigenvalue weighted by atomic mass is 16.2. The molecule has 1 aromatic heterocycles. The Bertz CT molecular complexity index is 474. The van der Waals surface area contributed by atoms with Crippen LogP contribution in [0.3, 0.4) is 0 Å². The lowest BCUT2D eigenvalue weighted by atomic mass is 10.0. The topological polar surface area (TPSA) is 59.0 Å². The van der Waals surface area contributed by atoms with Crippen LogP contribution in [0.1, 0.15) is 39.5 Å². The molecule has 5 nitrogen and oxygen atoms in total. The van der Waals surface area contributed by atoms with Crippen molar-refractivity contribution in [3.05, 3.63) is 12.4 Å². The van der Waals surface area contributed by atoms with Crippen molar-refractivity contribution >= 4 is 11.6 Å². The molecule has 2 saturated carbocycles. The summed E-state index contributed by atoms with van der Waals surface area (Å²) in [5, 5.41) is 10.7. The van der Waals surface area contributed by atoms with Crippen LogP contribution in [0.25, 0.3) is 0 Å². The minimum atomic E-state index is 0.0550.